The van der Waals surface area contributed by atoms with Crippen LogP contribution in [0, 0.1) is 0 Å². The molecule has 0 aliphatic rings. The summed E-state index contributed by atoms with van der Waals surface area (Å²) in [6, 6.07) is 5.23. The van der Waals surface area contributed by atoms with E-state index in [0.29, 0.717) is 22.3 Å². The van der Waals surface area contributed by atoms with Crippen LogP contribution >= 0.6 is 35.0 Å². The second kappa shape index (κ2) is 9.48. The van der Waals surface area contributed by atoms with E-state index in [9.17, 15) is 4.79 Å². The standard InChI is InChI=1S/C13H18Cl2N2OS/c1-2-5-16-6-7-17-13(18)9-19-12-8-10(14)3-4-11(12)15/h3-4,8,16H,2,5-7,9H2,1H3,(H,17,18). The van der Waals surface area contributed by atoms with E-state index in [4.69, 9.17) is 23.2 Å². The topological polar surface area (TPSA) is 41.1 Å². The van der Waals surface area contributed by atoms with Gasteiger partial charge in [-0.15, -0.1) is 11.8 Å². The van der Waals surface area contributed by atoms with Crippen LogP contribution in [0.25, 0.3) is 0 Å². The maximum absolute atomic E-state index is 11.6. The molecule has 1 rings (SSSR count). The number of rotatable bonds is 8. The molecule has 1 amide bonds. The minimum absolute atomic E-state index is 0.000611. The molecule has 0 spiro atoms. The van der Waals surface area contributed by atoms with E-state index in [1.54, 1.807) is 18.2 Å². The zero-order valence-electron chi connectivity index (χ0n) is 10.8. The maximum Gasteiger partial charge on any atom is 0.230 e. The fourth-order valence-corrected chi connectivity index (χ4v) is 2.70. The first-order chi connectivity index (χ1) is 9.13. The average Bonchev–Trinajstić information content (AvgIpc) is 2.39. The van der Waals surface area contributed by atoms with Crippen molar-refractivity contribution in [2.45, 2.75) is 18.2 Å². The highest BCUT2D eigenvalue weighted by Crippen LogP contribution is 2.29. The van der Waals surface area contributed by atoms with Gasteiger partial charge in [-0.2, -0.15) is 0 Å². The minimum Gasteiger partial charge on any atom is -0.354 e. The van der Waals surface area contributed by atoms with E-state index >= 15 is 0 Å². The average molecular weight is 321 g/mol. The molecule has 0 aliphatic heterocycles. The quantitative estimate of drug-likeness (QED) is 0.571. The first-order valence-electron chi connectivity index (χ1n) is 6.18. The van der Waals surface area contributed by atoms with E-state index in [1.807, 2.05) is 0 Å². The second-order valence-electron chi connectivity index (χ2n) is 3.96. The van der Waals surface area contributed by atoms with Crippen LogP contribution in [0.3, 0.4) is 0 Å². The molecule has 0 aromatic heterocycles. The molecule has 106 valence electrons. The zero-order valence-corrected chi connectivity index (χ0v) is 13.2. The normalized spacial score (nSPS) is 10.5. The lowest BCUT2D eigenvalue weighted by atomic mass is 10.4. The van der Waals surface area contributed by atoms with Gasteiger partial charge in [0.1, 0.15) is 0 Å². The number of amides is 1. The Morgan fingerprint density at radius 2 is 2.05 bits per heavy atom. The van der Waals surface area contributed by atoms with Gasteiger partial charge in [-0.05, 0) is 31.2 Å². The summed E-state index contributed by atoms with van der Waals surface area (Å²) in [6.45, 7) is 4.52. The molecule has 19 heavy (non-hydrogen) atoms. The molecule has 0 fully saturated rings. The molecular weight excluding hydrogens is 303 g/mol. The third kappa shape index (κ3) is 7.06. The van der Waals surface area contributed by atoms with Crippen molar-refractivity contribution >= 4 is 40.9 Å². The molecule has 0 aliphatic carbocycles. The highest BCUT2D eigenvalue weighted by molar-refractivity contribution is 8.00. The van der Waals surface area contributed by atoms with Crippen LogP contribution in [0.1, 0.15) is 13.3 Å². The molecule has 0 saturated carbocycles. The Kier molecular flexibility index (Phi) is 8.30. The first kappa shape index (κ1) is 16.6. The summed E-state index contributed by atoms with van der Waals surface area (Å²) >= 11 is 13.3. The summed E-state index contributed by atoms with van der Waals surface area (Å²) in [5.41, 5.74) is 0. The Morgan fingerprint density at radius 1 is 1.26 bits per heavy atom. The number of benzene rings is 1. The predicted molar refractivity (Wildman–Crippen MR) is 83.4 cm³/mol. The third-order valence-electron chi connectivity index (χ3n) is 2.30. The monoisotopic (exact) mass is 320 g/mol. The van der Waals surface area contributed by atoms with Gasteiger partial charge in [0.15, 0.2) is 0 Å². The number of hydrogen-bond donors (Lipinski definition) is 2. The van der Waals surface area contributed by atoms with Gasteiger partial charge in [0.25, 0.3) is 0 Å². The first-order valence-corrected chi connectivity index (χ1v) is 7.93. The van der Waals surface area contributed by atoms with Crippen molar-refractivity contribution in [3.05, 3.63) is 28.2 Å². The summed E-state index contributed by atoms with van der Waals surface area (Å²) in [4.78, 5) is 12.4. The summed E-state index contributed by atoms with van der Waals surface area (Å²) < 4.78 is 0. The van der Waals surface area contributed by atoms with Crippen molar-refractivity contribution in [3.63, 3.8) is 0 Å². The fourth-order valence-electron chi connectivity index (χ4n) is 1.37. The SMILES string of the molecule is CCCNCCNC(=O)CSc1cc(Cl)ccc1Cl. The highest BCUT2D eigenvalue weighted by Gasteiger charge is 2.06. The van der Waals surface area contributed by atoms with Gasteiger partial charge in [0.05, 0.1) is 10.8 Å². The van der Waals surface area contributed by atoms with Gasteiger partial charge in [-0.1, -0.05) is 30.1 Å². The summed E-state index contributed by atoms with van der Waals surface area (Å²) in [5.74, 6) is 0.341. The molecule has 0 heterocycles. The molecule has 0 unspecified atom stereocenters. The number of halogens is 2. The molecule has 1 aromatic rings. The van der Waals surface area contributed by atoms with Crippen LogP contribution in [0.4, 0.5) is 0 Å². The fraction of sp³-hybridized carbons (Fsp3) is 0.462. The Balaban J connectivity index is 2.24. The molecule has 0 bridgehead atoms. The van der Waals surface area contributed by atoms with Crippen LogP contribution < -0.4 is 10.6 Å². The number of carbonyl (C=O) groups is 1. The Bertz CT molecular complexity index is 416. The zero-order chi connectivity index (χ0) is 14.1. The number of carbonyl (C=O) groups excluding carboxylic acids is 1. The molecule has 0 radical (unpaired) electrons. The Morgan fingerprint density at radius 3 is 2.79 bits per heavy atom. The van der Waals surface area contributed by atoms with E-state index in [1.165, 1.54) is 11.8 Å². The van der Waals surface area contributed by atoms with Crippen molar-refractivity contribution in [3.8, 4) is 0 Å². The van der Waals surface area contributed by atoms with Gasteiger partial charge < -0.3 is 10.6 Å². The predicted octanol–water partition coefficient (Wildman–Crippen LogP) is 3.20. The van der Waals surface area contributed by atoms with Crippen molar-refractivity contribution in [2.24, 2.45) is 0 Å². The molecule has 1 aromatic carbocycles. The van der Waals surface area contributed by atoms with Crippen LogP contribution in [-0.4, -0.2) is 31.3 Å². The maximum atomic E-state index is 11.6. The van der Waals surface area contributed by atoms with Gasteiger partial charge in [0, 0.05) is 23.0 Å². The smallest absolute Gasteiger partial charge is 0.230 e. The second-order valence-corrected chi connectivity index (χ2v) is 5.82. The Labute approximate surface area is 128 Å². The molecule has 6 heteroatoms. The lowest BCUT2D eigenvalue weighted by Gasteiger charge is -2.07. The highest BCUT2D eigenvalue weighted by atomic mass is 35.5. The van der Waals surface area contributed by atoms with E-state index < -0.39 is 0 Å². The molecule has 0 atom stereocenters. The van der Waals surface area contributed by atoms with Gasteiger partial charge >= 0.3 is 0 Å². The van der Waals surface area contributed by atoms with Crippen molar-refractivity contribution in [1.82, 2.24) is 10.6 Å². The van der Waals surface area contributed by atoms with Crippen molar-refractivity contribution in [2.75, 3.05) is 25.4 Å². The molecule has 3 nitrogen and oxygen atoms in total. The summed E-state index contributed by atoms with van der Waals surface area (Å²) in [7, 11) is 0. The lowest BCUT2D eigenvalue weighted by Crippen LogP contribution is -2.33. The van der Waals surface area contributed by atoms with Crippen LogP contribution in [0.2, 0.25) is 10.0 Å². The number of nitrogens with one attached hydrogen (secondary N) is 2. The van der Waals surface area contributed by atoms with E-state index in [-0.39, 0.29) is 5.91 Å². The van der Waals surface area contributed by atoms with Gasteiger partial charge in [-0.25, -0.2) is 0 Å². The number of hydrogen-bond acceptors (Lipinski definition) is 3. The van der Waals surface area contributed by atoms with E-state index in [0.717, 1.165) is 24.4 Å². The largest absolute Gasteiger partial charge is 0.354 e. The van der Waals surface area contributed by atoms with E-state index in [2.05, 4.69) is 17.6 Å². The van der Waals surface area contributed by atoms with Crippen molar-refractivity contribution in [1.29, 1.82) is 0 Å². The third-order valence-corrected chi connectivity index (χ3v) is 4.03. The van der Waals surface area contributed by atoms with Crippen LogP contribution in [-0.2, 0) is 4.79 Å². The number of thioether (sulfide) groups is 1. The molecule has 0 saturated heterocycles. The molecular formula is C13H18Cl2N2OS. The lowest BCUT2D eigenvalue weighted by molar-refractivity contribution is -0.118. The minimum atomic E-state index is -0.000611. The van der Waals surface area contributed by atoms with Gasteiger partial charge in [0.2, 0.25) is 5.91 Å². The van der Waals surface area contributed by atoms with Crippen LogP contribution in [0.5, 0.6) is 0 Å². The van der Waals surface area contributed by atoms with Crippen molar-refractivity contribution < 1.29 is 4.79 Å². The Hall–Kier alpha value is -0.420. The van der Waals surface area contributed by atoms with Crippen LogP contribution in [0.15, 0.2) is 23.1 Å². The van der Waals surface area contributed by atoms with Gasteiger partial charge in [-0.3, -0.25) is 4.79 Å². The summed E-state index contributed by atoms with van der Waals surface area (Å²) in [6.07, 6.45) is 1.09. The molecule has 2 N–H and O–H groups in total. The summed E-state index contributed by atoms with van der Waals surface area (Å²) in [5, 5.41) is 7.31.